The van der Waals surface area contributed by atoms with Gasteiger partial charge < -0.3 is 24.4 Å². The highest BCUT2D eigenvalue weighted by atomic mass is 35.5. The monoisotopic (exact) mass is 435 g/mol. The summed E-state index contributed by atoms with van der Waals surface area (Å²) in [5.41, 5.74) is 4.24. The number of nitrogens with zero attached hydrogens (tertiary/aromatic N) is 1. The first kappa shape index (κ1) is 19.6. The van der Waals surface area contributed by atoms with Gasteiger partial charge in [0, 0.05) is 28.2 Å². The van der Waals surface area contributed by atoms with Gasteiger partial charge in [-0.05, 0) is 60.0 Å². The van der Waals surface area contributed by atoms with Gasteiger partial charge in [0.05, 0.1) is 26.0 Å². The highest BCUT2D eigenvalue weighted by Crippen LogP contribution is 2.39. The average Bonchev–Trinajstić information content (AvgIpc) is 3.44. The summed E-state index contributed by atoms with van der Waals surface area (Å²) in [5, 5.41) is 4.80. The molecule has 1 aliphatic heterocycles. The fourth-order valence-corrected chi connectivity index (χ4v) is 4.46. The molecule has 0 fully saturated rings. The average molecular weight is 436 g/mol. The van der Waals surface area contributed by atoms with E-state index in [1.54, 1.807) is 13.4 Å². The zero-order valence-electron chi connectivity index (χ0n) is 17.0. The van der Waals surface area contributed by atoms with Crippen LogP contribution in [0.25, 0.3) is 10.9 Å². The maximum atomic E-state index is 13.2. The number of amides is 2. The molecule has 0 radical (unpaired) electrons. The van der Waals surface area contributed by atoms with Gasteiger partial charge in [0.25, 0.3) is 0 Å². The van der Waals surface area contributed by atoms with Crippen molar-refractivity contribution in [3.8, 4) is 5.75 Å². The highest BCUT2D eigenvalue weighted by molar-refractivity contribution is 6.31. The van der Waals surface area contributed by atoms with E-state index in [1.165, 1.54) is 5.56 Å². The Hall–Kier alpha value is -3.38. The maximum absolute atomic E-state index is 13.2. The van der Waals surface area contributed by atoms with Crippen LogP contribution in [0.1, 0.15) is 28.6 Å². The molecule has 0 bridgehead atoms. The SMILES string of the molecule is COc1ccc([C@H]2c3[nH]c4ccc(Cl)cc4c3CCN2C(=O)NCc2ccco2)cc1. The Labute approximate surface area is 184 Å². The van der Waals surface area contributed by atoms with Crippen LogP contribution in [0.2, 0.25) is 5.02 Å². The summed E-state index contributed by atoms with van der Waals surface area (Å²) in [6.45, 7) is 0.931. The third-order valence-corrected chi connectivity index (χ3v) is 6.01. The van der Waals surface area contributed by atoms with Crippen LogP contribution in [0.5, 0.6) is 5.75 Å². The summed E-state index contributed by atoms with van der Waals surface area (Å²) < 4.78 is 10.7. The first-order chi connectivity index (χ1) is 15.1. The van der Waals surface area contributed by atoms with Gasteiger partial charge in [0.15, 0.2) is 0 Å². The van der Waals surface area contributed by atoms with Crippen LogP contribution in [0.4, 0.5) is 4.79 Å². The molecule has 31 heavy (non-hydrogen) atoms. The minimum Gasteiger partial charge on any atom is -0.497 e. The molecule has 1 atom stereocenters. The Balaban J connectivity index is 1.54. The Kier molecular flexibility index (Phi) is 5.08. The van der Waals surface area contributed by atoms with E-state index < -0.39 is 0 Å². The maximum Gasteiger partial charge on any atom is 0.318 e. The highest BCUT2D eigenvalue weighted by Gasteiger charge is 2.34. The number of methoxy groups -OCH3 is 1. The largest absolute Gasteiger partial charge is 0.497 e. The first-order valence-electron chi connectivity index (χ1n) is 10.1. The van der Waals surface area contributed by atoms with Gasteiger partial charge in [0.2, 0.25) is 0 Å². The molecule has 2 N–H and O–H groups in total. The second-order valence-corrected chi connectivity index (χ2v) is 8.00. The van der Waals surface area contributed by atoms with Crippen molar-refractivity contribution in [3.63, 3.8) is 0 Å². The lowest BCUT2D eigenvalue weighted by atomic mass is 9.92. The molecule has 0 unspecified atom stereocenters. The number of carbonyl (C=O) groups is 1. The van der Waals surface area contributed by atoms with Gasteiger partial charge in [-0.2, -0.15) is 0 Å². The number of nitrogens with one attached hydrogen (secondary N) is 2. The van der Waals surface area contributed by atoms with E-state index >= 15 is 0 Å². The van der Waals surface area contributed by atoms with Crippen LogP contribution in [0.3, 0.4) is 0 Å². The summed E-state index contributed by atoms with van der Waals surface area (Å²) in [6.07, 6.45) is 2.35. The van der Waals surface area contributed by atoms with Gasteiger partial charge in [-0.1, -0.05) is 23.7 Å². The zero-order chi connectivity index (χ0) is 21.4. The van der Waals surface area contributed by atoms with Crippen molar-refractivity contribution in [3.05, 3.63) is 88.5 Å². The minimum absolute atomic E-state index is 0.139. The minimum atomic E-state index is -0.252. The van der Waals surface area contributed by atoms with Crippen LogP contribution in [0.15, 0.2) is 65.3 Å². The van der Waals surface area contributed by atoms with Crippen molar-refractivity contribution in [2.75, 3.05) is 13.7 Å². The number of halogens is 1. The van der Waals surface area contributed by atoms with Crippen molar-refractivity contribution in [2.24, 2.45) is 0 Å². The number of benzene rings is 2. The number of fused-ring (bicyclic) bond motifs is 3. The molecule has 158 valence electrons. The number of ether oxygens (including phenoxy) is 1. The lowest BCUT2D eigenvalue weighted by molar-refractivity contribution is 0.178. The molecule has 7 heteroatoms. The fourth-order valence-electron chi connectivity index (χ4n) is 4.29. The fraction of sp³-hybridized carbons (Fsp3) is 0.208. The number of hydrogen-bond acceptors (Lipinski definition) is 3. The number of H-pyrrole nitrogens is 1. The topological polar surface area (TPSA) is 70.5 Å². The molecule has 0 aliphatic carbocycles. The van der Waals surface area contributed by atoms with Crippen molar-refractivity contribution >= 4 is 28.5 Å². The third-order valence-electron chi connectivity index (χ3n) is 5.78. The predicted octanol–water partition coefficient (Wildman–Crippen LogP) is 5.28. The van der Waals surface area contributed by atoms with E-state index in [0.29, 0.717) is 23.9 Å². The smallest absolute Gasteiger partial charge is 0.318 e. The van der Waals surface area contributed by atoms with Crippen LogP contribution >= 0.6 is 11.6 Å². The number of aromatic amines is 1. The van der Waals surface area contributed by atoms with Crippen molar-refractivity contribution < 1.29 is 13.9 Å². The van der Waals surface area contributed by atoms with E-state index in [1.807, 2.05) is 59.5 Å². The second-order valence-electron chi connectivity index (χ2n) is 7.56. The van der Waals surface area contributed by atoms with E-state index in [2.05, 4.69) is 10.3 Å². The molecule has 0 saturated heterocycles. The number of aromatic nitrogens is 1. The van der Waals surface area contributed by atoms with E-state index in [4.69, 9.17) is 20.8 Å². The number of urea groups is 1. The Morgan fingerprint density at radius 1 is 1.26 bits per heavy atom. The first-order valence-corrected chi connectivity index (χ1v) is 10.5. The summed E-state index contributed by atoms with van der Waals surface area (Å²) in [5.74, 6) is 1.49. The second kappa shape index (κ2) is 8.04. The molecular weight excluding hydrogens is 414 g/mol. The molecule has 0 saturated carbocycles. The molecule has 5 rings (SSSR count). The van der Waals surface area contributed by atoms with Gasteiger partial charge >= 0.3 is 6.03 Å². The molecule has 2 amide bonds. The quantitative estimate of drug-likeness (QED) is 0.458. The van der Waals surface area contributed by atoms with Crippen molar-refractivity contribution in [1.29, 1.82) is 0 Å². The molecule has 0 spiro atoms. The number of furan rings is 1. The predicted molar refractivity (Wildman–Crippen MR) is 119 cm³/mol. The van der Waals surface area contributed by atoms with Crippen LogP contribution in [-0.4, -0.2) is 29.6 Å². The van der Waals surface area contributed by atoms with Crippen molar-refractivity contribution in [2.45, 2.75) is 19.0 Å². The third kappa shape index (κ3) is 3.64. The Bertz CT molecular complexity index is 1220. The van der Waals surface area contributed by atoms with E-state index in [9.17, 15) is 4.79 Å². The van der Waals surface area contributed by atoms with Gasteiger partial charge in [-0.15, -0.1) is 0 Å². The normalized spacial score (nSPS) is 15.7. The number of rotatable bonds is 4. The standard InChI is InChI=1S/C24H22ClN3O3/c1-30-17-7-4-15(5-8-17)23-22-19(20-13-16(25)6-9-21(20)27-22)10-11-28(23)24(29)26-14-18-3-2-12-31-18/h2-9,12-13,23,27H,10-11,14H2,1H3,(H,26,29)/t23-/m0/s1. The lowest BCUT2D eigenvalue weighted by Crippen LogP contribution is -2.45. The molecule has 6 nitrogen and oxygen atoms in total. The molecule has 3 heterocycles. The van der Waals surface area contributed by atoms with E-state index in [0.717, 1.165) is 34.3 Å². The molecule has 1 aliphatic rings. The van der Waals surface area contributed by atoms with Crippen LogP contribution in [0, 0.1) is 0 Å². The zero-order valence-corrected chi connectivity index (χ0v) is 17.8. The molecule has 2 aromatic carbocycles. The molecule has 2 aromatic heterocycles. The summed E-state index contributed by atoms with van der Waals surface area (Å²) in [7, 11) is 1.64. The van der Waals surface area contributed by atoms with Gasteiger partial charge in [-0.25, -0.2) is 4.79 Å². The Morgan fingerprint density at radius 3 is 2.84 bits per heavy atom. The Morgan fingerprint density at radius 2 is 2.10 bits per heavy atom. The van der Waals surface area contributed by atoms with Gasteiger partial charge in [-0.3, -0.25) is 0 Å². The van der Waals surface area contributed by atoms with Crippen LogP contribution in [-0.2, 0) is 13.0 Å². The lowest BCUT2D eigenvalue weighted by Gasteiger charge is -2.36. The van der Waals surface area contributed by atoms with E-state index in [-0.39, 0.29) is 12.1 Å². The summed E-state index contributed by atoms with van der Waals surface area (Å²) in [6, 6.07) is 17.0. The van der Waals surface area contributed by atoms with Crippen LogP contribution < -0.4 is 10.1 Å². The molecular formula is C24H22ClN3O3. The number of carbonyl (C=O) groups excluding carboxylic acids is 1. The van der Waals surface area contributed by atoms with Crippen molar-refractivity contribution in [1.82, 2.24) is 15.2 Å². The molecule has 4 aromatic rings. The number of hydrogen-bond donors (Lipinski definition) is 2. The summed E-state index contributed by atoms with van der Waals surface area (Å²) in [4.78, 5) is 18.6. The summed E-state index contributed by atoms with van der Waals surface area (Å²) >= 11 is 6.26. The van der Waals surface area contributed by atoms with Gasteiger partial charge in [0.1, 0.15) is 11.5 Å².